The van der Waals surface area contributed by atoms with E-state index in [2.05, 4.69) is 27.3 Å². The zero-order chi connectivity index (χ0) is 19.8. The van der Waals surface area contributed by atoms with E-state index in [1.807, 2.05) is 36.4 Å². The van der Waals surface area contributed by atoms with Gasteiger partial charge in [-0.15, -0.1) is 0 Å². The topological polar surface area (TPSA) is 72.1 Å². The maximum absolute atomic E-state index is 6.06. The molecule has 0 spiro atoms. The second-order valence-corrected chi connectivity index (χ2v) is 7.12. The van der Waals surface area contributed by atoms with Crippen molar-refractivity contribution in [1.82, 2.24) is 4.90 Å². The molecule has 0 aromatic heterocycles. The van der Waals surface area contributed by atoms with E-state index in [0.717, 1.165) is 56.2 Å². The standard InChI is InChI=1S/C22H30N4O2/c1-27-19-9-7-18(8-10-19)16-26-13-11-17(12-14-26)15-24-22(23)25-20-5-3-4-6-21(20)28-2/h3-10,17H,11-16H2,1-2H3,(H3,23,24,25). The Hall–Kier alpha value is -2.73. The molecule has 28 heavy (non-hydrogen) atoms. The lowest BCUT2D eigenvalue weighted by molar-refractivity contribution is 0.180. The van der Waals surface area contributed by atoms with Crippen LogP contribution in [-0.4, -0.2) is 44.7 Å². The minimum absolute atomic E-state index is 0.435. The van der Waals surface area contributed by atoms with Crippen molar-refractivity contribution in [3.05, 3.63) is 54.1 Å². The van der Waals surface area contributed by atoms with Gasteiger partial charge >= 0.3 is 0 Å². The first kappa shape index (κ1) is 20.0. The molecule has 1 saturated heterocycles. The van der Waals surface area contributed by atoms with Gasteiger partial charge in [0.05, 0.1) is 19.9 Å². The van der Waals surface area contributed by atoms with Crippen LogP contribution in [0.4, 0.5) is 5.69 Å². The van der Waals surface area contributed by atoms with E-state index in [9.17, 15) is 0 Å². The lowest BCUT2D eigenvalue weighted by Gasteiger charge is -2.31. The summed E-state index contributed by atoms with van der Waals surface area (Å²) in [4.78, 5) is 7.04. The van der Waals surface area contributed by atoms with Crippen LogP contribution < -0.4 is 20.5 Å². The molecule has 0 amide bonds. The van der Waals surface area contributed by atoms with E-state index in [1.165, 1.54) is 5.56 Å². The van der Waals surface area contributed by atoms with Crippen molar-refractivity contribution in [1.29, 1.82) is 0 Å². The summed E-state index contributed by atoms with van der Waals surface area (Å²) in [5.41, 5.74) is 8.22. The summed E-state index contributed by atoms with van der Waals surface area (Å²) in [5.74, 6) is 2.67. The highest BCUT2D eigenvalue weighted by Gasteiger charge is 2.19. The number of nitrogens with one attached hydrogen (secondary N) is 1. The summed E-state index contributed by atoms with van der Waals surface area (Å²) in [7, 11) is 3.34. The van der Waals surface area contributed by atoms with E-state index in [-0.39, 0.29) is 0 Å². The van der Waals surface area contributed by atoms with E-state index in [1.54, 1.807) is 14.2 Å². The number of benzene rings is 2. The molecule has 1 aliphatic rings. The van der Waals surface area contributed by atoms with Crippen LogP contribution in [0.5, 0.6) is 11.5 Å². The van der Waals surface area contributed by atoms with E-state index in [4.69, 9.17) is 15.2 Å². The van der Waals surface area contributed by atoms with Gasteiger partial charge in [-0.2, -0.15) is 0 Å². The molecule has 1 heterocycles. The highest BCUT2D eigenvalue weighted by atomic mass is 16.5. The third-order valence-corrected chi connectivity index (χ3v) is 5.16. The van der Waals surface area contributed by atoms with Crippen molar-refractivity contribution in [3.8, 4) is 11.5 Å². The molecule has 0 atom stereocenters. The number of nitrogens with two attached hydrogens (primary N) is 1. The molecule has 150 valence electrons. The predicted molar refractivity (Wildman–Crippen MR) is 114 cm³/mol. The maximum Gasteiger partial charge on any atom is 0.193 e. The summed E-state index contributed by atoms with van der Waals surface area (Å²) in [6.07, 6.45) is 2.28. The molecule has 0 aliphatic carbocycles. The van der Waals surface area contributed by atoms with Crippen molar-refractivity contribution >= 4 is 11.6 Å². The number of nitrogens with zero attached hydrogens (tertiary/aromatic N) is 2. The summed E-state index contributed by atoms with van der Waals surface area (Å²) in [6, 6.07) is 16.0. The predicted octanol–water partition coefficient (Wildman–Crippen LogP) is 3.34. The van der Waals surface area contributed by atoms with Gasteiger partial charge in [0.2, 0.25) is 0 Å². The molecular weight excluding hydrogens is 352 g/mol. The Labute approximate surface area is 167 Å². The molecule has 3 N–H and O–H groups in total. The van der Waals surface area contributed by atoms with Crippen LogP contribution in [-0.2, 0) is 6.54 Å². The average molecular weight is 383 g/mol. The third-order valence-electron chi connectivity index (χ3n) is 5.16. The largest absolute Gasteiger partial charge is 0.497 e. The summed E-state index contributed by atoms with van der Waals surface area (Å²) in [6.45, 7) is 3.92. The van der Waals surface area contributed by atoms with Crippen LogP contribution >= 0.6 is 0 Å². The molecule has 2 aromatic carbocycles. The maximum atomic E-state index is 6.06. The fraction of sp³-hybridized carbons (Fsp3) is 0.409. The number of ether oxygens (including phenoxy) is 2. The number of hydrogen-bond acceptors (Lipinski definition) is 4. The number of hydrogen-bond donors (Lipinski definition) is 2. The van der Waals surface area contributed by atoms with Gasteiger partial charge in [0.25, 0.3) is 0 Å². The van der Waals surface area contributed by atoms with Crippen molar-refractivity contribution in [2.24, 2.45) is 16.6 Å². The molecule has 0 unspecified atom stereocenters. The van der Waals surface area contributed by atoms with Gasteiger partial charge < -0.3 is 20.5 Å². The number of rotatable bonds is 7. The molecule has 6 heteroatoms. The van der Waals surface area contributed by atoms with E-state index < -0.39 is 0 Å². The molecule has 0 radical (unpaired) electrons. The van der Waals surface area contributed by atoms with Crippen LogP contribution in [0.25, 0.3) is 0 Å². The molecule has 0 bridgehead atoms. The van der Waals surface area contributed by atoms with E-state index in [0.29, 0.717) is 11.9 Å². The van der Waals surface area contributed by atoms with Crippen molar-refractivity contribution in [2.75, 3.05) is 39.2 Å². The number of methoxy groups -OCH3 is 2. The van der Waals surface area contributed by atoms with Crippen molar-refractivity contribution in [2.45, 2.75) is 19.4 Å². The molecule has 2 aromatic rings. The second kappa shape index (κ2) is 9.99. The van der Waals surface area contributed by atoms with Crippen LogP contribution in [0.1, 0.15) is 18.4 Å². The molecular formula is C22H30N4O2. The van der Waals surface area contributed by atoms with Crippen molar-refractivity contribution in [3.63, 3.8) is 0 Å². The fourth-order valence-corrected chi connectivity index (χ4v) is 3.47. The third kappa shape index (κ3) is 5.63. The molecule has 6 nitrogen and oxygen atoms in total. The van der Waals surface area contributed by atoms with Gasteiger partial charge in [-0.3, -0.25) is 9.89 Å². The molecule has 1 fully saturated rings. The van der Waals surface area contributed by atoms with Gasteiger partial charge in [-0.25, -0.2) is 0 Å². The van der Waals surface area contributed by atoms with Gasteiger partial charge in [0, 0.05) is 13.1 Å². The Morgan fingerprint density at radius 2 is 1.79 bits per heavy atom. The quantitative estimate of drug-likeness (QED) is 0.568. The number of guanidine groups is 1. The van der Waals surface area contributed by atoms with Gasteiger partial charge in [0.1, 0.15) is 11.5 Å². The highest BCUT2D eigenvalue weighted by Crippen LogP contribution is 2.23. The number of piperidine rings is 1. The Kier molecular flexibility index (Phi) is 7.14. The van der Waals surface area contributed by atoms with Crippen LogP contribution in [0.3, 0.4) is 0 Å². The van der Waals surface area contributed by atoms with Crippen LogP contribution in [0, 0.1) is 5.92 Å². The van der Waals surface area contributed by atoms with Crippen LogP contribution in [0.2, 0.25) is 0 Å². The Bertz CT molecular complexity index is 768. The van der Waals surface area contributed by atoms with E-state index >= 15 is 0 Å². The molecule has 0 saturated carbocycles. The number of aliphatic imine (C=N–C) groups is 1. The lowest BCUT2D eigenvalue weighted by atomic mass is 9.96. The Morgan fingerprint density at radius 1 is 1.07 bits per heavy atom. The second-order valence-electron chi connectivity index (χ2n) is 7.12. The summed E-state index contributed by atoms with van der Waals surface area (Å²) < 4.78 is 10.6. The lowest BCUT2D eigenvalue weighted by Crippen LogP contribution is -2.34. The monoisotopic (exact) mass is 382 g/mol. The minimum atomic E-state index is 0.435. The van der Waals surface area contributed by atoms with Crippen molar-refractivity contribution < 1.29 is 9.47 Å². The normalized spacial score (nSPS) is 16.0. The number of para-hydroxylation sites is 2. The first-order valence-corrected chi connectivity index (χ1v) is 9.73. The SMILES string of the molecule is COc1ccc(CN2CCC(CN=C(N)Nc3ccccc3OC)CC2)cc1. The Balaban J connectivity index is 1.44. The first-order chi connectivity index (χ1) is 13.7. The summed E-state index contributed by atoms with van der Waals surface area (Å²) in [5, 5.41) is 3.13. The molecule has 1 aliphatic heterocycles. The summed E-state index contributed by atoms with van der Waals surface area (Å²) >= 11 is 0. The van der Waals surface area contributed by atoms with Gasteiger partial charge in [-0.05, 0) is 61.7 Å². The smallest absolute Gasteiger partial charge is 0.193 e. The van der Waals surface area contributed by atoms with Crippen LogP contribution in [0.15, 0.2) is 53.5 Å². The molecule has 3 rings (SSSR count). The minimum Gasteiger partial charge on any atom is -0.497 e. The first-order valence-electron chi connectivity index (χ1n) is 9.73. The average Bonchev–Trinajstić information content (AvgIpc) is 2.74. The van der Waals surface area contributed by atoms with Gasteiger partial charge in [-0.1, -0.05) is 24.3 Å². The van der Waals surface area contributed by atoms with Gasteiger partial charge in [0.15, 0.2) is 5.96 Å². The number of likely N-dealkylation sites (tertiary alicyclic amines) is 1. The zero-order valence-electron chi connectivity index (χ0n) is 16.7. The highest BCUT2D eigenvalue weighted by molar-refractivity contribution is 5.93. The fourth-order valence-electron chi connectivity index (χ4n) is 3.47. The number of anilines is 1. The zero-order valence-corrected chi connectivity index (χ0v) is 16.7. The Morgan fingerprint density at radius 3 is 2.46 bits per heavy atom.